The van der Waals surface area contributed by atoms with Gasteiger partial charge in [0.1, 0.15) is 0 Å². The number of nitrogens with one attached hydrogen (secondary N) is 2. The molecule has 10 heteroatoms. The minimum atomic E-state index is -1.72. The second-order valence-electron chi connectivity index (χ2n) is 11.2. The normalized spacial score (nSPS) is 14.4. The van der Waals surface area contributed by atoms with E-state index < -0.39 is 57.3 Å². The molecule has 0 saturated heterocycles. The molecule has 204 valence electrons. The van der Waals surface area contributed by atoms with Gasteiger partial charge in [0.2, 0.25) is 0 Å². The largest absolute Gasteiger partial charge is 0.147 e. The second-order valence-corrected chi connectivity index (χ2v) is 27.0. The molecule has 0 atom stereocenters. The zero-order valence-electron chi connectivity index (χ0n) is 23.8. The summed E-state index contributed by atoms with van der Waals surface area (Å²) in [7, 11) is -3.44. The Hall–Kier alpha value is 0.433. The van der Waals surface area contributed by atoms with Crippen LogP contribution in [0.1, 0.15) is 65.2 Å². The zero-order valence-corrected chi connectivity index (χ0v) is 32.9. The standard InChI is InChI=1S/2C9H13.2C4H11NOSi.2ClH.Ga.Zr.H/c2*1-2-3-6-9-7-4-5-8-9;2*1-7(2,3)4(5)6;;;;;/h2*4,7H,2-3,5-6H2,1H3;2*1-3H3,(H2,5,6);2*1H;;;/q;;;;;;+2;;/p-2. The third-order valence-electron chi connectivity index (χ3n) is 5.82. The minimum absolute atomic E-state index is 0. The summed E-state index contributed by atoms with van der Waals surface area (Å²) < 4.78 is 9.58. The molecule has 36 heavy (non-hydrogen) atoms. The number of amides is 2. The summed E-state index contributed by atoms with van der Waals surface area (Å²) >= 11 is -1.87. The van der Waals surface area contributed by atoms with Gasteiger partial charge < -0.3 is 0 Å². The Labute approximate surface area is 255 Å². The van der Waals surface area contributed by atoms with Crippen LogP contribution in [0.2, 0.25) is 39.3 Å². The monoisotopic (exact) mass is 706 g/mol. The molecule has 0 radical (unpaired) electrons. The van der Waals surface area contributed by atoms with E-state index in [2.05, 4.69) is 46.2 Å². The van der Waals surface area contributed by atoms with Crippen LogP contribution in [-0.4, -0.2) is 45.1 Å². The van der Waals surface area contributed by atoms with Crippen molar-refractivity contribution < 1.29 is 32.8 Å². The van der Waals surface area contributed by atoms with Gasteiger partial charge in [0.25, 0.3) is 0 Å². The second kappa shape index (κ2) is 19.5. The third-order valence-corrected chi connectivity index (χ3v) is 16.5. The van der Waals surface area contributed by atoms with E-state index >= 15 is 0 Å². The third kappa shape index (κ3) is 15.1. The average molecular weight is 710 g/mol. The van der Waals surface area contributed by atoms with Gasteiger partial charge in [-0.2, -0.15) is 0 Å². The maximum absolute atomic E-state index is 11.6. The van der Waals surface area contributed by atoms with E-state index in [1.807, 2.05) is 45.8 Å². The summed E-state index contributed by atoms with van der Waals surface area (Å²) in [6.45, 7) is 16.6. The number of rotatable bonds is 12. The van der Waals surface area contributed by atoms with Crippen molar-refractivity contribution in [1.82, 2.24) is 8.05 Å². The van der Waals surface area contributed by atoms with Gasteiger partial charge in [0.15, 0.2) is 0 Å². The van der Waals surface area contributed by atoms with Crippen LogP contribution in [0.3, 0.4) is 0 Å². The van der Waals surface area contributed by atoms with E-state index in [1.165, 1.54) is 51.4 Å². The number of hydrogen-bond donors (Lipinski definition) is 2. The molecular formula is C26H49Cl2GaN2O2Si2Zr. The van der Waals surface area contributed by atoms with Crippen molar-refractivity contribution in [2.24, 2.45) is 0 Å². The molecule has 2 aliphatic rings. The Morgan fingerprint density at radius 3 is 1.44 bits per heavy atom. The molecule has 0 spiro atoms. The Kier molecular flexibility index (Phi) is 20.9. The molecular weight excluding hydrogens is 660 g/mol. The van der Waals surface area contributed by atoms with Crippen LogP contribution in [0, 0.1) is 0 Å². The molecule has 0 aromatic heterocycles. The van der Waals surface area contributed by atoms with Gasteiger partial charge in [-0.15, -0.1) is 24.8 Å². The van der Waals surface area contributed by atoms with Crippen molar-refractivity contribution >= 4 is 69.9 Å². The maximum Gasteiger partial charge on any atom is -0.147 e. The molecule has 0 aromatic carbocycles. The molecule has 0 unspecified atom stereocenters. The van der Waals surface area contributed by atoms with E-state index in [-0.39, 0.29) is 35.9 Å². The van der Waals surface area contributed by atoms with E-state index in [9.17, 15) is 9.59 Å². The number of allylic oxidation sites excluding steroid dienone is 8. The summed E-state index contributed by atoms with van der Waals surface area (Å²) in [6.07, 6.45) is 20.2. The van der Waals surface area contributed by atoms with Crippen molar-refractivity contribution in [3.63, 3.8) is 0 Å². The van der Waals surface area contributed by atoms with Gasteiger partial charge >= 0.3 is 232 Å². The molecule has 0 fully saturated rings. The smallest absolute Gasteiger partial charge is 0.147 e. The molecule has 0 saturated carbocycles. The van der Waals surface area contributed by atoms with Crippen LogP contribution >= 0.6 is 24.8 Å². The Morgan fingerprint density at radius 1 is 0.778 bits per heavy atom. The van der Waals surface area contributed by atoms with Gasteiger partial charge in [-0.1, -0.05) is 0 Å². The van der Waals surface area contributed by atoms with E-state index in [4.69, 9.17) is 0 Å². The molecule has 2 aliphatic carbocycles. The Balaban J connectivity index is 0. The summed E-state index contributed by atoms with van der Waals surface area (Å²) in [6, 6.07) is 0. The van der Waals surface area contributed by atoms with E-state index in [0.717, 1.165) is 0 Å². The van der Waals surface area contributed by atoms with Crippen LogP contribution in [-0.2, 0) is 23.2 Å². The number of halogens is 2. The fraction of sp³-hybridized carbons (Fsp3) is 0.615. The van der Waals surface area contributed by atoms with Crippen LogP contribution in [0.5, 0.6) is 0 Å². The zero-order chi connectivity index (χ0) is 25.8. The van der Waals surface area contributed by atoms with Gasteiger partial charge in [-0.25, -0.2) is 0 Å². The first kappa shape index (κ1) is 38.6. The topological polar surface area (TPSA) is 58.2 Å². The van der Waals surface area contributed by atoms with Crippen LogP contribution in [0.25, 0.3) is 0 Å². The molecule has 0 bridgehead atoms. The van der Waals surface area contributed by atoms with E-state index in [0.29, 0.717) is 0 Å². The van der Waals surface area contributed by atoms with Gasteiger partial charge in [-0.05, 0) is 0 Å². The summed E-state index contributed by atoms with van der Waals surface area (Å²) in [5.74, 6) is 0. The quantitative estimate of drug-likeness (QED) is 0.201. The van der Waals surface area contributed by atoms with Gasteiger partial charge in [0.05, 0.1) is 0 Å². The van der Waals surface area contributed by atoms with Gasteiger partial charge in [0, 0.05) is 0 Å². The number of carbonyl (C=O) groups is 2. The minimum Gasteiger partial charge on any atom is -0.147 e. The molecule has 2 N–H and O–H groups in total. The first-order valence-electron chi connectivity index (χ1n) is 13.0. The number of unbranched alkanes of at least 4 members (excludes halogenated alkanes) is 2. The van der Waals surface area contributed by atoms with Crippen molar-refractivity contribution in [2.75, 3.05) is 0 Å². The number of hydrogen-bond acceptors (Lipinski definition) is 2. The SMILES string of the molecule is CCCCC1=[C]([Zr][C]2=C(CCCC)C=CC2)CC=C1.C[Si](C)(C)C(=O)[NH][GaH][NH]C(=O)[Si](C)(C)C.Cl.Cl. The molecule has 4 nitrogen and oxygen atoms in total. The maximum atomic E-state index is 11.6. The van der Waals surface area contributed by atoms with Crippen molar-refractivity contribution in [2.45, 2.75) is 104 Å². The van der Waals surface area contributed by atoms with Crippen LogP contribution in [0.4, 0.5) is 9.59 Å². The summed E-state index contributed by atoms with van der Waals surface area (Å²) in [5, 5.41) is 0. The Morgan fingerprint density at radius 2 is 1.14 bits per heavy atom. The predicted octanol–water partition coefficient (Wildman–Crippen LogP) is 8.23. The fourth-order valence-electron chi connectivity index (χ4n) is 3.48. The molecule has 0 aromatic rings. The van der Waals surface area contributed by atoms with E-state index in [1.54, 1.807) is 11.1 Å². The van der Waals surface area contributed by atoms with Gasteiger partial charge in [-0.3, -0.25) is 0 Å². The van der Waals surface area contributed by atoms with Crippen molar-refractivity contribution in [3.8, 4) is 0 Å². The molecule has 0 heterocycles. The predicted molar refractivity (Wildman–Crippen MR) is 166 cm³/mol. The molecule has 2 amide bonds. The Bertz CT molecular complexity index is 767. The average Bonchev–Trinajstić information content (AvgIpc) is 3.39. The van der Waals surface area contributed by atoms with Crippen molar-refractivity contribution in [3.05, 3.63) is 42.0 Å². The summed E-state index contributed by atoms with van der Waals surface area (Å²) in [5.41, 5.74) is 3.75. The molecule has 2 rings (SSSR count). The van der Waals surface area contributed by atoms with Crippen LogP contribution in [0.15, 0.2) is 42.0 Å². The van der Waals surface area contributed by atoms with Crippen molar-refractivity contribution in [1.29, 1.82) is 0 Å². The summed E-state index contributed by atoms with van der Waals surface area (Å²) in [4.78, 5) is 23.1. The number of carbonyl (C=O) groups excluding carboxylic acids is 2. The molecule has 0 aliphatic heterocycles. The first-order chi connectivity index (χ1) is 15.9. The first-order valence-corrected chi connectivity index (χ1v) is 25.4. The van der Waals surface area contributed by atoms with Crippen LogP contribution < -0.4 is 8.05 Å². The fourth-order valence-corrected chi connectivity index (χ4v) is 16.8.